The first-order chi connectivity index (χ1) is 12.0. The van der Waals surface area contributed by atoms with Crippen molar-refractivity contribution in [3.05, 3.63) is 28.3 Å². The van der Waals surface area contributed by atoms with Gasteiger partial charge in [0.15, 0.2) is 0 Å². The molecule has 0 saturated carbocycles. The molecule has 2 rings (SSSR count). The second kappa shape index (κ2) is 8.20. The predicted octanol–water partition coefficient (Wildman–Crippen LogP) is 3.20. The molecular formula is C16H23N3O4S3. The largest absolute Gasteiger partial charge is 0.363 e. The molecule has 2 atom stereocenters. The summed E-state index contributed by atoms with van der Waals surface area (Å²) in [5.74, 6) is 0.520. The van der Waals surface area contributed by atoms with Crippen LogP contribution < -0.4 is 0 Å². The molecule has 0 radical (unpaired) electrons. The van der Waals surface area contributed by atoms with Gasteiger partial charge in [-0.1, -0.05) is 37.8 Å². The minimum absolute atomic E-state index is 0.0504. The van der Waals surface area contributed by atoms with Crippen LogP contribution in [0.5, 0.6) is 0 Å². The van der Waals surface area contributed by atoms with Gasteiger partial charge < -0.3 is 4.90 Å². The maximum absolute atomic E-state index is 13.0. The van der Waals surface area contributed by atoms with E-state index in [-0.39, 0.29) is 22.4 Å². The number of thiocarbonyl (C=S) groups is 1. The van der Waals surface area contributed by atoms with Crippen molar-refractivity contribution in [2.24, 2.45) is 11.8 Å². The summed E-state index contributed by atoms with van der Waals surface area (Å²) in [5, 5.41) is 11.5. The van der Waals surface area contributed by atoms with Gasteiger partial charge in [0.2, 0.25) is 10.0 Å². The van der Waals surface area contributed by atoms with E-state index in [1.807, 2.05) is 13.8 Å². The molecular weight excluding hydrogens is 394 g/mol. The Kier molecular flexibility index (Phi) is 6.65. The zero-order chi connectivity index (χ0) is 19.6. The maximum atomic E-state index is 13.0. The summed E-state index contributed by atoms with van der Waals surface area (Å²) in [6, 6.07) is 4.02. The second-order valence-corrected chi connectivity index (χ2v) is 10.5. The van der Waals surface area contributed by atoms with E-state index in [4.69, 9.17) is 12.2 Å². The predicted molar refractivity (Wildman–Crippen MR) is 107 cm³/mol. The van der Waals surface area contributed by atoms with Gasteiger partial charge in [-0.05, 0) is 30.4 Å². The summed E-state index contributed by atoms with van der Waals surface area (Å²) in [6.45, 7) is 4.90. The van der Waals surface area contributed by atoms with Crippen LogP contribution in [0.15, 0.2) is 28.0 Å². The minimum Gasteiger partial charge on any atom is -0.363 e. The lowest BCUT2D eigenvalue weighted by molar-refractivity contribution is -0.387. The fourth-order valence-electron chi connectivity index (χ4n) is 3.02. The third-order valence-corrected chi connectivity index (χ3v) is 7.71. The number of nitro benzene ring substituents is 1. The molecule has 1 saturated heterocycles. The first-order valence-corrected chi connectivity index (χ1v) is 10.9. The normalized spacial score (nSPS) is 21.4. The van der Waals surface area contributed by atoms with Crippen molar-refractivity contribution in [3.8, 4) is 0 Å². The average Bonchev–Trinajstić information content (AvgIpc) is 2.53. The van der Waals surface area contributed by atoms with Crippen LogP contribution in [0.4, 0.5) is 5.69 Å². The SMILES string of the molecule is C[C@H]1C[C@H](C)CN(S(=O)(=O)c2ccc(SC(=S)N(C)C)c([N+](=O)[O-])c2)C1. The highest BCUT2D eigenvalue weighted by molar-refractivity contribution is 8.23. The summed E-state index contributed by atoms with van der Waals surface area (Å²) >= 11 is 6.25. The maximum Gasteiger partial charge on any atom is 0.284 e. The van der Waals surface area contributed by atoms with Crippen molar-refractivity contribution < 1.29 is 13.3 Å². The number of benzene rings is 1. The fourth-order valence-corrected chi connectivity index (χ4v) is 5.74. The third kappa shape index (κ3) is 4.73. The standard InChI is InChI=1S/C16H23N3O4S3/c1-11-7-12(2)10-18(9-11)26(22,23)13-5-6-15(14(8-13)19(20)21)25-16(24)17(3)4/h5-6,8,11-12H,7,9-10H2,1-4H3/t11-,12-/m0/s1. The van der Waals surface area contributed by atoms with Crippen molar-refractivity contribution in [1.82, 2.24) is 9.21 Å². The molecule has 1 fully saturated rings. The first kappa shape index (κ1) is 21.1. The number of piperidine rings is 1. The molecule has 0 amide bonds. The Balaban J connectivity index is 2.39. The lowest BCUT2D eigenvalue weighted by atomic mass is 9.94. The lowest BCUT2D eigenvalue weighted by Gasteiger charge is -2.34. The summed E-state index contributed by atoms with van der Waals surface area (Å²) in [7, 11) is -0.272. The molecule has 26 heavy (non-hydrogen) atoms. The summed E-state index contributed by atoms with van der Waals surface area (Å²) < 4.78 is 27.8. The molecule has 0 N–H and O–H groups in total. The van der Waals surface area contributed by atoms with Crippen molar-refractivity contribution in [2.45, 2.75) is 30.1 Å². The highest BCUT2D eigenvalue weighted by Crippen LogP contribution is 2.34. The Morgan fingerprint density at radius 1 is 1.31 bits per heavy atom. The number of hydrogen-bond donors (Lipinski definition) is 0. The van der Waals surface area contributed by atoms with Crippen LogP contribution >= 0.6 is 24.0 Å². The number of nitrogens with zero attached hydrogens (tertiary/aromatic N) is 3. The van der Waals surface area contributed by atoms with E-state index in [2.05, 4.69) is 0 Å². The van der Waals surface area contributed by atoms with E-state index in [1.54, 1.807) is 19.0 Å². The zero-order valence-corrected chi connectivity index (χ0v) is 17.7. The van der Waals surface area contributed by atoms with E-state index in [0.29, 0.717) is 22.3 Å². The number of nitro groups is 1. The molecule has 10 heteroatoms. The van der Waals surface area contributed by atoms with Gasteiger partial charge >= 0.3 is 0 Å². The zero-order valence-electron chi connectivity index (χ0n) is 15.2. The van der Waals surface area contributed by atoms with Crippen molar-refractivity contribution in [3.63, 3.8) is 0 Å². The molecule has 0 unspecified atom stereocenters. The molecule has 1 heterocycles. The highest BCUT2D eigenvalue weighted by atomic mass is 32.2. The van der Waals surface area contributed by atoms with Gasteiger partial charge in [0.25, 0.3) is 5.69 Å². The van der Waals surface area contributed by atoms with E-state index >= 15 is 0 Å². The monoisotopic (exact) mass is 417 g/mol. The van der Waals surface area contributed by atoms with Gasteiger partial charge in [0, 0.05) is 33.3 Å². The number of thioether (sulfide) groups is 1. The van der Waals surface area contributed by atoms with Gasteiger partial charge in [0.1, 0.15) is 4.32 Å². The minimum atomic E-state index is -3.77. The number of sulfonamides is 1. The van der Waals surface area contributed by atoms with Crippen LogP contribution in [0.2, 0.25) is 0 Å². The van der Waals surface area contributed by atoms with E-state index in [9.17, 15) is 18.5 Å². The van der Waals surface area contributed by atoms with Crippen LogP contribution in [0.25, 0.3) is 0 Å². The van der Waals surface area contributed by atoms with E-state index in [0.717, 1.165) is 24.2 Å². The summed E-state index contributed by atoms with van der Waals surface area (Å²) in [5.41, 5.74) is -0.251. The quantitative estimate of drug-likeness (QED) is 0.322. The Morgan fingerprint density at radius 3 is 2.38 bits per heavy atom. The first-order valence-electron chi connectivity index (χ1n) is 8.20. The Hall–Kier alpha value is -1.23. The Labute approximate surface area is 163 Å². The van der Waals surface area contributed by atoms with Crippen molar-refractivity contribution in [1.29, 1.82) is 0 Å². The van der Waals surface area contributed by atoms with E-state index in [1.165, 1.54) is 16.4 Å². The molecule has 0 spiro atoms. The van der Waals surface area contributed by atoms with Crippen LogP contribution in [-0.2, 0) is 10.0 Å². The topological polar surface area (TPSA) is 83.8 Å². The molecule has 1 aromatic rings. The van der Waals surface area contributed by atoms with Crippen LogP contribution in [0, 0.1) is 22.0 Å². The van der Waals surface area contributed by atoms with Crippen LogP contribution in [0.1, 0.15) is 20.3 Å². The molecule has 1 aromatic carbocycles. The molecule has 1 aliphatic heterocycles. The average molecular weight is 418 g/mol. The molecule has 0 bridgehead atoms. The number of rotatable bonds is 4. The molecule has 0 aromatic heterocycles. The van der Waals surface area contributed by atoms with Crippen LogP contribution in [0.3, 0.4) is 0 Å². The Bertz CT molecular complexity index is 801. The van der Waals surface area contributed by atoms with Gasteiger partial charge in [-0.2, -0.15) is 4.31 Å². The van der Waals surface area contributed by atoms with Gasteiger partial charge in [-0.3, -0.25) is 10.1 Å². The molecule has 0 aliphatic carbocycles. The summed E-state index contributed by atoms with van der Waals surface area (Å²) in [6.07, 6.45) is 0.976. The highest BCUT2D eigenvalue weighted by Gasteiger charge is 2.33. The van der Waals surface area contributed by atoms with Gasteiger partial charge in [-0.15, -0.1) is 0 Å². The molecule has 144 valence electrons. The van der Waals surface area contributed by atoms with Crippen molar-refractivity contribution in [2.75, 3.05) is 27.2 Å². The number of hydrogen-bond acceptors (Lipinski definition) is 6. The smallest absolute Gasteiger partial charge is 0.284 e. The second-order valence-electron chi connectivity index (χ2n) is 6.92. The fraction of sp³-hybridized carbons (Fsp3) is 0.562. The van der Waals surface area contributed by atoms with Crippen LogP contribution in [-0.4, -0.2) is 54.1 Å². The van der Waals surface area contributed by atoms with Gasteiger partial charge in [-0.25, -0.2) is 8.42 Å². The molecule has 1 aliphatic rings. The van der Waals surface area contributed by atoms with Crippen molar-refractivity contribution >= 4 is 44.0 Å². The Morgan fingerprint density at radius 2 is 1.88 bits per heavy atom. The van der Waals surface area contributed by atoms with Gasteiger partial charge in [0.05, 0.1) is 14.7 Å². The third-order valence-electron chi connectivity index (χ3n) is 4.16. The molecule has 7 nitrogen and oxygen atoms in total. The summed E-state index contributed by atoms with van der Waals surface area (Å²) in [4.78, 5) is 12.8. The van der Waals surface area contributed by atoms with E-state index < -0.39 is 14.9 Å². The lowest BCUT2D eigenvalue weighted by Crippen LogP contribution is -2.42.